The van der Waals surface area contributed by atoms with Crippen LogP contribution in [0.15, 0.2) is 53.5 Å². The number of amides is 2. The molecule has 0 atom stereocenters. The van der Waals surface area contributed by atoms with Crippen molar-refractivity contribution >= 4 is 41.8 Å². The van der Waals surface area contributed by atoms with Gasteiger partial charge in [0, 0.05) is 51.9 Å². The molecular weight excluding hydrogens is 493 g/mol. The van der Waals surface area contributed by atoms with Gasteiger partial charge in [0.15, 0.2) is 5.96 Å². The molecule has 0 heterocycles. The van der Waals surface area contributed by atoms with Crippen LogP contribution in [-0.4, -0.2) is 50.4 Å². The van der Waals surface area contributed by atoms with Crippen LogP contribution >= 0.6 is 24.0 Å². The number of benzene rings is 2. The fraction of sp³-hybridized carbons (Fsp3) is 0.318. The van der Waals surface area contributed by atoms with Crippen molar-refractivity contribution in [2.24, 2.45) is 4.99 Å². The second-order valence-electron chi connectivity index (χ2n) is 6.74. The first-order chi connectivity index (χ1) is 13.9. The summed E-state index contributed by atoms with van der Waals surface area (Å²) in [5.41, 5.74) is 3.33. The van der Waals surface area contributed by atoms with E-state index in [1.165, 1.54) is 0 Å². The molecule has 2 aromatic carbocycles. The summed E-state index contributed by atoms with van der Waals surface area (Å²) in [6, 6.07) is 15.0. The molecule has 0 saturated heterocycles. The predicted octanol–water partition coefficient (Wildman–Crippen LogP) is 2.62. The maximum absolute atomic E-state index is 12.0. The largest absolute Gasteiger partial charge is 0.352 e. The molecule has 0 saturated carbocycles. The number of aliphatic imine (C=N–C) groups is 1. The van der Waals surface area contributed by atoms with Gasteiger partial charge in [-0.2, -0.15) is 0 Å². The van der Waals surface area contributed by atoms with Crippen LogP contribution in [0.3, 0.4) is 0 Å². The van der Waals surface area contributed by atoms with Gasteiger partial charge in [0.1, 0.15) is 0 Å². The molecule has 8 heteroatoms. The molecular formula is C22H30IN5O2. The lowest BCUT2D eigenvalue weighted by molar-refractivity contribution is 0.0827. The first-order valence-corrected chi connectivity index (χ1v) is 9.56. The molecule has 7 nitrogen and oxygen atoms in total. The van der Waals surface area contributed by atoms with Gasteiger partial charge in [-0.15, -0.1) is 24.0 Å². The zero-order chi connectivity index (χ0) is 21.2. The molecule has 2 rings (SSSR count). The topological polar surface area (TPSA) is 85.8 Å². The summed E-state index contributed by atoms with van der Waals surface area (Å²) < 4.78 is 0. The zero-order valence-corrected chi connectivity index (χ0v) is 20.2. The van der Waals surface area contributed by atoms with Gasteiger partial charge in [-0.05, 0) is 42.3 Å². The van der Waals surface area contributed by atoms with Crippen LogP contribution in [0.2, 0.25) is 0 Å². The Morgan fingerprint density at radius 1 is 0.900 bits per heavy atom. The summed E-state index contributed by atoms with van der Waals surface area (Å²) in [6.45, 7) is 3.62. The van der Waals surface area contributed by atoms with Crippen molar-refractivity contribution in [1.29, 1.82) is 0 Å². The minimum atomic E-state index is -0.0759. The van der Waals surface area contributed by atoms with E-state index in [2.05, 4.69) is 20.9 Å². The van der Waals surface area contributed by atoms with Crippen LogP contribution in [0.1, 0.15) is 38.8 Å². The Labute approximate surface area is 195 Å². The van der Waals surface area contributed by atoms with Crippen LogP contribution in [0.25, 0.3) is 0 Å². The van der Waals surface area contributed by atoms with Gasteiger partial charge in [-0.25, -0.2) is 0 Å². The molecule has 0 aliphatic carbocycles. The van der Waals surface area contributed by atoms with E-state index < -0.39 is 0 Å². The fourth-order valence-corrected chi connectivity index (χ4v) is 2.70. The van der Waals surface area contributed by atoms with Crippen LogP contribution < -0.4 is 16.0 Å². The molecule has 2 amide bonds. The van der Waals surface area contributed by atoms with Crippen molar-refractivity contribution in [2.75, 3.05) is 27.7 Å². The molecule has 0 bridgehead atoms. The number of rotatable bonds is 7. The predicted molar refractivity (Wildman–Crippen MR) is 131 cm³/mol. The average Bonchev–Trinajstić information content (AvgIpc) is 2.74. The molecule has 0 unspecified atom stereocenters. The highest BCUT2D eigenvalue weighted by Crippen LogP contribution is 2.07. The number of halogens is 1. The molecule has 2 aromatic rings. The Balaban J connectivity index is 0.00000450. The van der Waals surface area contributed by atoms with Crippen LogP contribution in [-0.2, 0) is 13.1 Å². The second kappa shape index (κ2) is 12.8. The third kappa shape index (κ3) is 7.66. The monoisotopic (exact) mass is 523 g/mol. The van der Waals surface area contributed by atoms with E-state index in [-0.39, 0.29) is 35.8 Å². The molecule has 0 aromatic heterocycles. The number of hydrogen-bond donors (Lipinski definition) is 3. The van der Waals surface area contributed by atoms with E-state index in [1.807, 2.05) is 49.4 Å². The third-order valence-corrected chi connectivity index (χ3v) is 4.28. The van der Waals surface area contributed by atoms with Crippen molar-refractivity contribution in [1.82, 2.24) is 20.9 Å². The van der Waals surface area contributed by atoms with Crippen molar-refractivity contribution in [3.05, 3.63) is 70.8 Å². The quantitative estimate of drug-likeness (QED) is 0.296. The first kappa shape index (κ1) is 25.4. The normalized spacial score (nSPS) is 10.6. The lowest BCUT2D eigenvalue weighted by Gasteiger charge is -2.13. The maximum atomic E-state index is 12.0. The van der Waals surface area contributed by atoms with E-state index in [9.17, 15) is 9.59 Å². The first-order valence-electron chi connectivity index (χ1n) is 9.56. The molecule has 30 heavy (non-hydrogen) atoms. The standard InChI is InChI=1S/C22H29N5O2.HI/c1-5-24-20(28)19-8-6-7-17(13-19)15-26-22(23-2)25-14-16-9-11-18(12-10-16)21(29)27(3)4;/h6-13H,5,14-15H2,1-4H3,(H,24,28)(H2,23,25,26);1H. The summed E-state index contributed by atoms with van der Waals surface area (Å²) in [5, 5.41) is 9.30. The highest BCUT2D eigenvalue weighted by atomic mass is 127. The summed E-state index contributed by atoms with van der Waals surface area (Å²) in [7, 11) is 5.18. The average molecular weight is 523 g/mol. The van der Waals surface area contributed by atoms with Crippen molar-refractivity contribution in [3.63, 3.8) is 0 Å². The number of nitrogens with one attached hydrogen (secondary N) is 3. The summed E-state index contributed by atoms with van der Waals surface area (Å²) in [4.78, 5) is 29.7. The van der Waals surface area contributed by atoms with Gasteiger partial charge in [0.25, 0.3) is 11.8 Å². The molecule has 0 spiro atoms. The van der Waals surface area contributed by atoms with E-state index in [0.717, 1.165) is 11.1 Å². The number of carbonyl (C=O) groups is 2. The molecule has 0 fully saturated rings. The Morgan fingerprint density at radius 3 is 2.10 bits per heavy atom. The lowest BCUT2D eigenvalue weighted by atomic mass is 10.1. The van der Waals surface area contributed by atoms with Gasteiger partial charge < -0.3 is 20.9 Å². The molecule has 0 aliphatic heterocycles. The molecule has 0 radical (unpaired) electrons. The van der Waals surface area contributed by atoms with Gasteiger partial charge >= 0.3 is 0 Å². The van der Waals surface area contributed by atoms with Crippen LogP contribution in [0.4, 0.5) is 0 Å². The van der Waals surface area contributed by atoms with E-state index in [4.69, 9.17) is 0 Å². The smallest absolute Gasteiger partial charge is 0.253 e. The summed E-state index contributed by atoms with van der Waals surface area (Å²) in [5.74, 6) is 0.562. The minimum absolute atomic E-state index is 0. The zero-order valence-electron chi connectivity index (χ0n) is 17.9. The third-order valence-electron chi connectivity index (χ3n) is 4.28. The minimum Gasteiger partial charge on any atom is -0.352 e. The van der Waals surface area contributed by atoms with Crippen molar-refractivity contribution in [2.45, 2.75) is 20.0 Å². The number of carbonyl (C=O) groups excluding carboxylic acids is 2. The lowest BCUT2D eigenvalue weighted by Crippen LogP contribution is -2.36. The number of guanidine groups is 1. The Kier molecular flexibility index (Phi) is 10.9. The Hall–Kier alpha value is -2.62. The highest BCUT2D eigenvalue weighted by molar-refractivity contribution is 14.0. The Bertz CT molecular complexity index is 866. The number of nitrogens with zero attached hydrogens (tertiary/aromatic N) is 2. The van der Waals surface area contributed by atoms with Gasteiger partial charge in [-0.1, -0.05) is 24.3 Å². The summed E-state index contributed by atoms with van der Waals surface area (Å²) in [6.07, 6.45) is 0. The maximum Gasteiger partial charge on any atom is 0.253 e. The van der Waals surface area contributed by atoms with E-state index in [0.29, 0.717) is 36.7 Å². The fourth-order valence-electron chi connectivity index (χ4n) is 2.70. The highest BCUT2D eigenvalue weighted by Gasteiger charge is 2.08. The van der Waals surface area contributed by atoms with E-state index >= 15 is 0 Å². The van der Waals surface area contributed by atoms with Crippen molar-refractivity contribution in [3.8, 4) is 0 Å². The van der Waals surface area contributed by atoms with Crippen LogP contribution in [0, 0.1) is 0 Å². The summed E-state index contributed by atoms with van der Waals surface area (Å²) >= 11 is 0. The Morgan fingerprint density at radius 2 is 1.53 bits per heavy atom. The number of hydrogen-bond acceptors (Lipinski definition) is 3. The SMILES string of the molecule is CCNC(=O)c1cccc(CNC(=NC)NCc2ccc(C(=O)N(C)C)cc2)c1.I. The molecule has 0 aliphatic rings. The van der Waals surface area contributed by atoms with E-state index in [1.54, 1.807) is 32.1 Å². The second-order valence-corrected chi connectivity index (χ2v) is 6.74. The molecule has 162 valence electrons. The van der Waals surface area contributed by atoms with Gasteiger partial charge in [0.2, 0.25) is 0 Å². The van der Waals surface area contributed by atoms with Crippen LogP contribution in [0.5, 0.6) is 0 Å². The van der Waals surface area contributed by atoms with Crippen molar-refractivity contribution < 1.29 is 9.59 Å². The molecule has 3 N–H and O–H groups in total. The van der Waals surface area contributed by atoms with Gasteiger partial charge in [0.05, 0.1) is 0 Å². The van der Waals surface area contributed by atoms with Gasteiger partial charge in [-0.3, -0.25) is 14.6 Å².